The van der Waals surface area contributed by atoms with Gasteiger partial charge in [-0.2, -0.15) is 0 Å². The van der Waals surface area contributed by atoms with E-state index in [0.29, 0.717) is 0 Å². The van der Waals surface area contributed by atoms with Gasteiger partial charge in [0.05, 0.1) is 5.69 Å². The maximum atomic E-state index is 14.0. The van der Waals surface area contributed by atoms with Crippen LogP contribution in [0, 0.1) is 5.82 Å². The lowest BCUT2D eigenvalue weighted by Crippen LogP contribution is -2.29. The highest BCUT2D eigenvalue weighted by molar-refractivity contribution is 5.49. The summed E-state index contributed by atoms with van der Waals surface area (Å²) in [6, 6.07) is 5.64. The SMILES string of the molecule is CCc1ccc(N2CCCN(C)CC2)c(F)c1. The van der Waals surface area contributed by atoms with Crippen LogP contribution in [0.3, 0.4) is 0 Å². The van der Waals surface area contributed by atoms with E-state index in [9.17, 15) is 4.39 Å². The second-order valence-corrected chi connectivity index (χ2v) is 4.78. The molecule has 0 spiro atoms. The molecule has 1 saturated heterocycles. The molecule has 1 aromatic carbocycles. The molecule has 0 bridgehead atoms. The van der Waals surface area contributed by atoms with E-state index in [1.165, 1.54) is 0 Å². The van der Waals surface area contributed by atoms with Gasteiger partial charge in [-0.25, -0.2) is 4.39 Å². The molecule has 1 heterocycles. The average molecular weight is 236 g/mol. The predicted octanol–water partition coefficient (Wildman–Crippen LogP) is 2.53. The van der Waals surface area contributed by atoms with Crippen LogP contribution in [0.15, 0.2) is 18.2 Å². The van der Waals surface area contributed by atoms with Crippen LogP contribution in [0.25, 0.3) is 0 Å². The highest BCUT2D eigenvalue weighted by atomic mass is 19.1. The van der Waals surface area contributed by atoms with Gasteiger partial charge in [-0.3, -0.25) is 0 Å². The summed E-state index contributed by atoms with van der Waals surface area (Å²) in [5.41, 5.74) is 1.83. The van der Waals surface area contributed by atoms with Gasteiger partial charge in [0, 0.05) is 19.6 Å². The van der Waals surface area contributed by atoms with Crippen molar-refractivity contribution in [1.29, 1.82) is 0 Å². The van der Waals surface area contributed by atoms with Crippen LogP contribution in [-0.2, 0) is 6.42 Å². The number of likely N-dealkylation sites (N-methyl/N-ethyl adjacent to an activating group) is 1. The molecule has 1 aliphatic heterocycles. The van der Waals surface area contributed by atoms with Crippen LogP contribution in [0.5, 0.6) is 0 Å². The molecule has 1 aromatic rings. The van der Waals surface area contributed by atoms with E-state index in [0.717, 1.165) is 50.3 Å². The number of anilines is 1. The number of halogens is 1. The minimum Gasteiger partial charge on any atom is -0.368 e. The number of rotatable bonds is 2. The quantitative estimate of drug-likeness (QED) is 0.778. The first-order valence-electron chi connectivity index (χ1n) is 6.42. The molecule has 0 saturated carbocycles. The molecule has 0 atom stereocenters. The largest absolute Gasteiger partial charge is 0.368 e. The smallest absolute Gasteiger partial charge is 0.146 e. The summed E-state index contributed by atoms with van der Waals surface area (Å²) in [6.07, 6.45) is 1.99. The normalized spacial score (nSPS) is 18.2. The maximum Gasteiger partial charge on any atom is 0.146 e. The molecule has 17 heavy (non-hydrogen) atoms. The van der Waals surface area contributed by atoms with Crippen molar-refractivity contribution < 1.29 is 4.39 Å². The zero-order valence-electron chi connectivity index (χ0n) is 10.7. The molecule has 1 aliphatic rings. The lowest BCUT2D eigenvalue weighted by Gasteiger charge is -2.23. The molecule has 0 aromatic heterocycles. The van der Waals surface area contributed by atoms with E-state index < -0.39 is 0 Å². The average Bonchev–Trinajstić information content (AvgIpc) is 2.54. The fourth-order valence-electron chi connectivity index (χ4n) is 2.31. The number of benzene rings is 1. The molecule has 3 heteroatoms. The summed E-state index contributed by atoms with van der Waals surface area (Å²) in [6.45, 7) is 6.03. The molecule has 94 valence electrons. The van der Waals surface area contributed by atoms with E-state index in [2.05, 4.69) is 23.8 Å². The first kappa shape index (κ1) is 12.4. The van der Waals surface area contributed by atoms with Gasteiger partial charge in [0.25, 0.3) is 0 Å². The molecule has 0 aliphatic carbocycles. The van der Waals surface area contributed by atoms with Crippen molar-refractivity contribution in [3.63, 3.8) is 0 Å². The summed E-state index contributed by atoms with van der Waals surface area (Å²) in [5, 5.41) is 0. The van der Waals surface area contributed by atoms with E-state index >= 15 is 0 Å². The van der Waals surface area contributed by atoms with Crippen LogP contribution in [0.1, 0.15) is 18.9 Å². The molecular weight excluding hydrogens is 215 g/mol. The first-order valence-corrected chi connectivity index (χ1v) is 6.42. The first-order chi connectivity index (χ1) is 8.20. The van der Waals surface area contributed by atoms with Crippen LogP contribution in [0.2, 0.25) is 0 Å². The Morgan fingerprint density at radius 2 is 2.00 bits per heavy atom. The van der Waals surface area contributed by atoms with E-state index in [-0.39, 0.29) is 5.82 Å². The molecular formula is C14H21FN2. The van der Waals surface area contributed by atoms with Gasteiger partial charge >= 0.3 is 0 Å². The van der Waals surface area contributed by atoms with Crippen molar-refractivity contribution in [1.82, 2.24) is 4.90 Å². The minimum absolute atomic E-state index is 0.0751. The van der Waals surface area contributed by atoms with Gasteiger partial charge in [0.15, 0.2) is 0 Å². The zero-order valence-corrected chi connectivity index (χ0v) is 10.7. The second-order valence-electron chi connectivity index (χ2n) is 4.78. The number of aryl methyl sites for hydroxylation is 1. The van der Waals surface area contributed by atoms with Crippen molar-refractivity contribution in [2.24, 2.45) is 0 Å². The third-order valence-corrected chi connectivity index (χ3v) is 3.48. The van der Waals surface area contributed by atoms with Crippen LogP contribution in [0.4, 0.5) is 10.1 Å². The van der Waals surface area contributed by atoms with Crippen molar-refractivity contribution in [2.75, 3.05) is 38.1 Å². The Hall–Kier alpha value is -1.09. The summed E-state index contributed by atoms with van der Waals surface area (Å²) >= 11 is 0. The summed E-state index contributed by atoms with van der Waals surface area (Å²) in [4.78, 5) is 4.47. The molecule has 0 radical (unpaired) electrons. The molecule has 0 N–H and O–H groups in total. The molecule has 0 unspecified atom stereocenters. The van der Waals surface area contributed by atoms with Crippen LogP contribution in [-0.4, -0.2) is 38.1 Å². The number of hydrogen-bond donors (Lipinski definition) is 0. The Balaban J connectivity index is 2.15. The van der Waals surface area contributed by atoms with Gasteiger partial charge in [0.2, 0.25) is 0 Å². The summed E-state index contributed by atoms with van der Waals surface area (Å²) < 4.78 is 14.0. The van der Waals surface area contributed by atoms with E-state index in [1.807, 2.05) is 12.1 Å². The summed E-state index contributed by atoms with van der Waals surface area (Å²) in [5.74, 6) is -0.0751. The summed E-state index contributed by atoms with van der Waals surface area (Å²) in [7, 11) is 2.13. The van der Waals surface area contributed by atoms with Gasteiger partial charge in [-0.05, 0) is 44.1 Å². The molecule has 2 rings (SSSR count). The Morgan fingerprint density at radius 3 is 2.71 bits per heavy atom. The van der Waals surface area contributed by atoms with E-state index in [1.54, 1.807) is 6.07 Å². The maximum absolute atomic E-state index is 14.0. The van der Waals surface area contributed by atoms with Gasteiger partial charge in [-0.1, -0.05) is 13.0 Å². The number of hydrogen-bond acceptors (Lipinski definition) is 2. The zero-order chi connectivity index (χ0) is 12.3. The lowest BCUT2D eigenvalue weighted by atomic mass is 10.1. The van der Waals surface area contributed by atoms with Crippen molar-refractivity contribution >= 4 is 5.69 Å². The fraction of sp³-hybridized carbons (Fsp3) is 0.571. The Kier molecular flexibility index (Phi) is 4.00. The van der Waals surface area contributed by atoms with Gasteiger partial charge in [0.1, 0.15) is 5.82 Å². The third kappa shape index (κ3) is 2.97. The predicted molar refractivity (Wildman–Crippen MR) is 70.1 cm³/mol. The minimum atomic E-state index is -0.0751. The second kappa shape index (κ2) is 5.50. The standard InChI is InChI=1S/C14H21FN2/c1-3-12-5-6-14(13(15)11-12)17-8-4-7-16(2)9-10-17/h5-6,11H,3-4,7-10H2,1-2H3. The highest BCUT2D eigenvalue weighted by Gasteiger charge is 2.15. The Bertz CT molecular complexity index is 378. The van der Waals surface area contributed by atoms with Gasteiger partial charge in [-0.15, -0.1) is 0 Å². The van der Waals surface area contributed by atoms with Crippen LogP contribution >= 0.6 is 0 Å². The fourth-order valence-corrected chi connectivity index (χ4v) is 2.31. The Morgan fingerprint density at radius 1 is 1.18 bits per heavy atom. The Labute approximate surface area is 103 Å². The van der Waals surface area contributed by atoms with Crippen molar-refractivity contribution in [3.05, 3.63) is 29.6 Å². The lowest BCUT2D eigenvalue weighted by molar-refractivity contribution is 0.360. The van der Waals surface area contributed by atoms with Crippen molar-refractivity contribution in [2.45, 2.75) is 19.8 Å². The van der Waals surface area contributed by atoms with Crippen molar-refractivity contribution in [3.8, 4) is 0 Å². The van der Waals surface area contributed by atoms with Gasteiger partial charge < -0.3 is 9.80 Å². The highest BCUT2D eigenvalue weighted by Crippen LogP contribution is 2.22. The molecule has 2 nitrogen and oxygen atoms in total. The number of nitrogens with zero attached hydrogens (tertiary/aromatic N) is 2. The third-order valence-electron chi connectivity index (χ3n) is 3.48. The topological polar surface area (TPSA) is 6.48 Å². The monoisotopic (exact) mass is 236 g/mol. The van der Waals surface area contributed by atoms with Crippen LogP contribution < -0.4 is 4.90 Å². The van der Waals surface area contributed by atoms with E-state index in [4.69, 9.17) is 0 Å². The molecule has 1 fully saturated rings. The molecule has 0 amide bonds.